The molecule has 0 fully saturated rings. The van der Waals surface area contributed by atoms with Crippen LogP contribution in [-0.4, -0.2) is 12.6 Å². The van der Waals surface area contributed by atoms with Gasteiger partial charge in [0.1, 0.15) is 5.82 Å². The van der Waals surface area contributed by atoms with E-state index in [0.717, 1.165) is 25.8 Å². The maximum atomic E-state index is 13.4. The number of hydrogen-bond acceptors (Lipinski definition) is 1. The van der Waals surface area contributed by atoms with Gasteiger partial charge < -0.3 is 5.32 Å². The average molecular weight is 244 g/mol. The second-order valence-corrected chi connectivity index (χ2v) is 4.57. The van der Waals surface area contributed by atoms with Gasteiger partial charge in [-0.3, -0.25) is 0 Å². The van der Waals surface area contributed by atoms with Gasteiger partial charge in [-0.15, -0.1) is 0 Å². The van der Waals surface area contributed by atoms with E-state index >= 15 is 0 Å². The van der Waals surface area contributed by atoms with E-state index in [1.807, 2.05) is 0 Å². The SMILES string of the molecule is CCCNC(C)CCc1cc(Cl)ccc1F. The fourth-order valence-corrected chi connectivity index (χ4v) is 1.79. The van der Waals surface area contributed by atoms with Crippen molar-refractivity contribution in [1.29, 1.82) is 0 Å². The molecule has 0 spiro atoms. The van der Waals surface area contributed by atoms with E-state index in [9.17, 15) is 4.39 Å². The summed E-state index contributed by atoms with van der Waals surface area (Å²) >= 11 is 5.83. The fraction of sp³-hybridized carbons (Fsp3) is 0.538. The molecule has 1 N–H and O–H groups in total. The van der Waals surface area contributed by atoms with E-state index in [-0.39, 0.29) is 5.82 Å². The molecule has 0 aromatic heterocycles. The molecular formula is C13H19ClFN. The van der Waals surface area contributed by atoms with Gasteiger partial charge in [0.05, 0.1) is 0 Å². The Hall–Kier alpha value is -0.600. The first kappa shape index (κ1) is 13.5. The second-order valence-electron chi connectivity index (χ2n) is 4.13. The lowest BCUT2D eigenvalue weighted by molar-refractivity contribution is 0.506. The maximum absolute atomic E-state index is 13.4. The number of rotatable bonds is 6. The van der Waals surface area contributed by atoms with Gasteiger partial charge in [-0.1, -0.05) is 18.5 Å². The van der Waals surface area contributed by atoms with Gasteiger partial charge in [0.2, 0.25) is 0 Å². The number of nitrogens with one attached hydrogen (secondary N) is 1. The van der Waals surface area contributed by atoms with Gasteiger partial charge in [0, 0.05) is 11.1 Å². The van der Waals surface area contributed by atoms with Crippen LogP contribution >= 0.6 is 11.6 Å². The lowest BCUT2D eigenvalue weighted by Crippen LogP contribution is -2.27. The zero-order valence-electron chi connectivity index (χ0n) is 9.89. The third-order valence-corrected chi connectivity index (χ3v) is 2.83. The van der Waals surface area contributed by atoms with Crippen molar-refractivity contribution in [2.45, 2.75) is 39.2 Å². The molecule has 1 nitrogen and oxygen atoms in total. The molecule has 1 rings (SSSR count). The lowest BCUT2D eigenvalue weighted by Gasteiger charge is -2.13. The number of halogens is 2. The highest BCUT2D eigenvalue weighted by atomic mass is 35.5. The molecule has 0 aliphatic rings. The third kappa shape index (κ3) is 4.50. The zero-order valence-corrected chi connectivity index (χ0v) is 10.6. The van der Waals surface area contributed by atoms with Gasteiger partial charge in [-0.2, -0.15) is 0 Å². The molecule has 0 aliphatic carbocycles. The molecular weight excluding hydrogens is 225 g/mol. The van der Waals surface area contributed by atoms with Crippen LogP contribution in [0.1, 0.15) is 32.3 Å². The van der Waals surface area contributed by atoms with Crippen molar-refractivity contribution in [3.05, 3.63) is 34.6 Å². The minimum atomic E-state index is -0.160. The Bertz CT molecular complexity index is 328. The number of aryl methyl sites for hydroxylation is 1. The van der Waals surface area contributed by atoms with Crippen LogP contribution in [0.25, 0.3) is 0 Å². The van der Waals surface area contributed by atoms with Gasteiger partial charge in [0.15, 0.2) is 0 Å². The summed E-state index contributed by atoms with van der Waals surface area (Å²) in [5.41, 5.74) is 0.706. The summed E-state index contributed by atoms with van der Waals surface area (Å²) in [6.07, 6.45) is 2.78. The first-order valence-corrected chi connectivity index (χ1v) is 6.18. The topological polar surface area (TPSA) is 12.0 Å². The summed E-state index contributed by atoms with van der Waals surface area (Å²) in [7, 11) is 0. The van der Waals surface area contributed by atoms with Crippen LogP contribution < -0.4 is 5.32 Å². The standard InChI is InChI=1S/C13H19ClFN/c1-3-8-16-10(2)4-5-11-9-12(14)6-7-13(11)15/h6-7,9-10,16H,3-5,8H2,1-2H3. The van der Waals surface area contributed by atoms with Crippen molar-refractivity contribution in [2.75, 3.05) is 6.54 Å². The monoisotopic (exact) mass is 243 g/mol. The Morgan fingerprint density at radius 1 is 1.44 bits per heavy atom. The van der Waals surface area contributed by atoms with Crippen LogP contribution in [0.4, 0.5) is 4.39 Å². The molecule has 1 aromatic carbocycles. The van der Waals surface area contributed by atoms with Crippen molar-refractivity contribution in [1.82, 2.24) is 5.32 Å². The molecule has 0 bridgehead atoms. The smallest absolute Gasteiger partial charge is 0.126 e. The predicted octanol–water partition coefficient (Wildman–Crippen LogP) is 3.80. The predicted molar refractivity (Wildman–Crippen MR) is 67.5 cm³/mol. The molecule has 0 amide bonds. The lowest BCUT2D eigenvalue weighted by atomic mass is 10.1. The number of hydrogen-bond donors (Lipinski definition) is 1. The minimum Gasteiger partial charge on any atom is -0.314 e. The molecule has 3 heteroatoms. The molecule has 16 heavy (non-hydrogen) atoms. The van der Waals surface area contributed by atoms with E-state index in [2.05, 4.69) is 19.2 Å². The van der Waals surface area contributed by atoms with Gasteiger partial charge >= 0.3 is 0 Å². The first-order chi connectivity index (χ1) is 7.63. The van der Waals surface area contributed by atoms with Crippen LogP contribution in [0.5, 0.6) is 0 Å². The zero-order chi connectivity index (χ0) is 12.0. The second kappa shape index (κ2) is 6.87. The summed E-state index contributed by atoms with van der Waals surface area (Å²) in [6, 6.07) is 5.14. The third-order valence-electron chi connectivity index (χ3n) is 2.60. The Balaban J connectivity index is 2.44. The molecule has 90 valence electrons. The summed E-state index contributed by atoms with van der Waals surface area (Å²) < 4.78 is 13.4. The van der Waals surface area contributed by atoms with Crippen molar-refractivity contribution >= 4 is 11.6 Å². The van der Waals surface area contributed by atoms with Crippen LogP contribution in [-0.2, 0) is 6.42 Å². The van der Waals surface area contributed by atoms with Crippen molar-refractivity contribution in [2.24, 2.45) is 0 Å². The molecule has 1 unspecified atom stereocenters. The Kier molecular flexibility index (Phi) is 5.78. The largest absolute Gasteiger partial charge is 0.314 e. The van der Waals surface area contributed by atoms with Crippen LogP contribution in [0.3, 0.4) is 0 Å². The highest BCUT2D eigenvalue weighted by molar-refractivity contribution is 6.30. The van der Waals surface area contributed by atoms with Crippen LogP contribution in [0, 0.1) is 5.82 Å². The minimum absolute atomic E-state index is 0.160. The maximum Gasteiger partial charge on any atom is 0.126 e. The Morgan fingerprint density at radius 3 is 2.88 bits per heavy atom. The van der Waals surface area contributed by atoms with E-state index in [0.29, 0.717) is 16.6 Å². The summed E-state index contributed by atoms with van der Waals surface area (Å²) in [5.74, 6) is -0.160. The molecule has 1 aromatic rings. The van der Waals surface area contributed by atoms with Gasteiger partial charge in [-0.25, -0.2) is 4.39 Å². The highest BCUT2D eigenvalue weighted by Gasteiger charge is 2.06. The molecule has 0 heterocycles. The van der Waals surface area contributed by atoms with Crippen molar-refractivity contribution in [3.63, 3.8) is 0 Å². The van der Waals surface area contributed by atoms with E-state index in [4.69, 9.17) is 11.6 Å². The summed E-state index contributed by atoms with van der Waals surface area (Å²) in [6.45, 7) is 5.27. The van der Waals surface area contributed by atoms with Crippen molar-refractivity contribution in [3.8, 4) is 0 Å². The van der Waals surface area contributed by atoms with Crippen LogP contribution in [0.15, 0.2) is 18.2 Å². The summed E-state index contributed by atoms with van der Waals surface area (Å²) in [4.78, 5) is 0. The van der Waals surface area contributed by atoms with Crippen LogP contribution in [0.2, 0.25) is 5.02 Å². The summed E-state index contributed by atoms with van der Waals surface area (Å²) in [5, 5.41) is 3.98. The molecule has 0 aliphatic heterocycles. The van der Waals surface area contributed by atoms with Crippen molar-refractivity contribution < 1.29 is 4.39 Å². The number of benzene rings is 1. The Morgan fingerprint density at radius 2 is 2.19 bits per heavy atom. The fourth-order valence-electron chi connectivity index (χ4n) is 1.60. The van der Waals surface area contributed by atoms with E-state index in [1.165, 1.54) is 6.07 Å². The van der Waals surface area contributed by atoms with Gasteiger partial charge in [-0.05, 0) is 56.5 Å². The molecule has 1 atom stereocenters. The van der Waals surface area contributed by atoms with E-state index < -0.39 is 0 Å². The Labute approximate surface area is 102 Å². The molecule has 0 saturated carbocycles. The normalized spacial score (nSPS) is 12.8. The molecule has 0 saturated heterocycles. The highest BCUT2D eigenvalue weighted by Crippen LogP contribution is 2.16. The average Bonchev–Trinajstić information content (AvgIpc) is 2.27. The van der Waals surface area contributed by atoms with E-state index in [1.54, 1.807) is 12.1 Å². The quantitative estimate of drug-likeness (QED) is 0.802. The van der Waals surface area contributed by atoms with Gasteiger partial charge in [0.25, 0.3) is 0 Å². The molecule has 0 radical (unpaired) electrons. The first-order valence-electron chi connectivity index (χ1n) is 5.80.